The van der Waals surface area contributed by atoms with Crippen LogP contribution in [0.1, 0.15) is 35.9 Å². The first-order valence-corrected chi connectivity index (χ1v) is 20.9. The molecule has 0 unspecified atom stereocenters. The summed E-state index contributed by atoms with van der Waals surface area (Å²) >= 11 is 0. The number of anilines is 3. The molecule has 0 saturated heterocycles. The summed E-state index contributed by atoms with van der Waals surface area (Å²) in [4.78, 5) is 1.38. The summed E-state index contributed by atoms with van der Waals surface area (Å²) in [5, 5.41) is 2.28. The summed E-state index contributed by atoms with van der Waals surface area (Å²) in [7, 11) is 0. The number of rotatable bonds is 8. The van der Waals surface area contributed by atoms with Crippen molar-refractivity contribution >= 4 is 27.8 Å². The van der Waals surface area contributed by atoms with Crippen molar-refractivity contribution in [1.29, 1.82) is 0 Å². The molecule has 0 spiro atoms. The molecule has 0 N–H and O–H groups in total. The van der Waals surface area contributed by atoms with Crippen LogP contribution in [-0.4, -0.2) is 0 Å². The molecule has 10 aromatic rings. The Hall–Kier alpha value is -7.74. The smallest absolute Gasteiger partial charge is 0.0645 e. The molecule has 0 heterocycles. The van der Waals surface area contributed by atoms with Gasteiger partial charge in [-0.25, -0.2) is 0 Å². The molecular weight excluding hydrogens is 747 g/mol. The van der Waals surface area contributed by atoms with Crippen LogP contribution in [0.2, 0.25) is 0 Å². The summed E-state index contributed by atoms with van der Waals surface area (Å²) in [5.74, 6) is 0. The number of benzene rings is 10. The predicted octanol–water partition coefficient (Wildman–Crippen LogP) is 17.0. The van der Waals surface area contributed by atoms with Gasteiger partial charge in [-0.2, -0.15) is 0 Å². The van der Waals surface area contributed by atoms with Crippen LogP contribution in [0.4, 0.5) is 17.1 Å². The minimum atomic E-state index is -0.510. The SMILES string of the molecule is [2H]c1c([2H])c(N(c2ccc(-c3cccc(-c4cccc5ccccc45)c3)cc2)c2c([2H])c([2H])c(-c3cccc4c3C(C)(C)c3ccccc3-4)c([2H])c2[2H])c([2H])c([2H])c1-c1cccc(-c2ccccc2)c1. The number of hydrogen-bond acceptors (Lipinski definition) is 1. The van der Waals surface area contributed by atoms with Gasteiger partial charge in [0, 0.05) is 22.5 Å². The summed E-state index contributed by atoms with van der Waals surface area (Å²) in [6.45, 7) is 4.22. The van der Waals surface area contributed by atoms with E-state index >= 15 is 0 Å². The van der Waals surface area contributed by atoms with Crippen molar-refractivity contribution < 1.29 is 11.0 Å². The van der Waals surface area contributed by atoms with Crippen LogP contribution in [0.5, 0.6) is 0 Å². The van der Waals surface area contributed by atoms with Gasteiger partial charge >= 0.3 is 0 Å². The lowest BCUT2D eigenvalue weighted by Crippen LogP contribution is -2.16. The minimum absolute atomic E-state index is 0.106. The maximum absolute atomic E-state index is 9.80. The lowest BCUT2D eigenvalue weighted by atomic mass is 9.79. The van der Waals surface area contributed by atoms with Crippen LogP contribution in [0.15, 0.2) is 236 Å². The van der Waals surface area contributed by atoms with Crippen LogP contribution >= 0.6 is 0 Å². The van der Waals surface area contributed by atoms with E-state index in [4.69, 9.17) is 0 Å². The summed E-state index contributed by atoms with van der Waals surface area (Å²) in [6.07, 6.45) is 0. The van der Waals surface area contributed by atoms with Gasteiger partial charge in [-0.15, -0.1) is 0 Å². The van der Waals surface area contributed by atoms with Crippen LogP contribution in [-0.2, 0) is 5.41 Å². The van der Waals surface area contributed by atoms with Gasteiger partial charge in [0.1, 0.15) is 0 Å². The quantitative estimate of drug-likeness (QED) is 0.148. The first kappa shape index (κ1) is 29.5. The van der Waals surface area contributed by atoms with Gasteiger partial charge in [-0.3, -0.25) is 0 Å². The van der Waals surface area contributed by atoms with E-state index in [0.29, 0.717) is 16.8 Å². The predicted molar refractivity (Wildman–Crippen MR) is 263 cm³/mol. The zero-order valence-electron chi connectivity index (χ0n) is 42.3. The first-order chi connectivity index (χ1) is 33.8. The molecule has 10 aromatic carbocycles. The highest BCUT2D eigenvalue weighted by Gasteiger charge is 2.37. The Morgan fingerprint density at radius 2 is 0.823 bits per heavy atom. The molecule has 1 aliphatic rings. The van der Waals surface area contributed by atoms with Gasteiger partial charge in [0.2, 0.25) is 0 Å². The highest BCUT2D eigenvalue weighted by molar-refractivity contribution is 5.97. The van der Waals surface area contributed by atoms with Gasteiger partial charge in [0.15, 0.2) is 0 Å². The van der Waals surface area contributed by atoms with E-state index < -0.39 is 17.5 Å². The molecule has 0 radical (unpaired) electrons. The van der Waals surface area contributed by atoms with E-state index in [0.717, 1.165) is 66.4 Å². The third-order valence-corrected chi connectivity index (χ3v) is 12.2. The first-order valence-electron chi connectivity index (χ1n) is 24.9. The lowest BCUT2D eigenvalue weighted by Gasteiger charge is -2.27. The second kappa shape index (κ2) is 15.4. The molecule has 1 heteroatoms. The van der Waals surface area contributed by atoms with Crippen LogP contribution < -0.4 is 4.90 Å². The molecule has 11 rings (SSSR count). The van der Waals surface area contributed by atoms with E-state index in [-0.39, 0.29) is 58.8 Å². The van der Waals surface area contributed by atoms with Crippen molar-refractivity contribution in [3.63, 3.8) is 0 Å². The lowest BCUT2D eigenvalue weighted by molar-refractivity contribution is 0.662. The van der Waals surface area contributed by atoms with Gasteiger partial charge in [0.05, 0.1) is 11.0 Å². The van der Waals surface area contributed by atoms with E-state index in [9.17, 15) is 11.0 Å². The molecule has 0 amide bonds. The standard InChI is InChI=1S/C61H45N/c1-61(2)59-27-9-8-23-57(59)58-26-13-25-56(60(58)61)46-32-38-53(39-33-46)62(51-34-28-43(29-35-51)48-19-10-18-47(40-48)42-14-4-3-5-15-42)52-36-30-44(31-37-52)49-20-11-21-50(41-49)55-24-12-17-45-16-6-7-22-54(45)55/h3-41H,1-2H3/i28D,29D,32D,33D,34D,35D,38D,39D. The maximum Gasteiger partial charge on any atom is 0.0645 e. The summed E-state index contributed by atoms with van der Waals surface area (Å²) in [5.41, 5.74) is 10.5. The van der Waals surface area contributed by atoms with Crippen molar-refractivity contribution in [2.45, 2.75) is 19.3 Å². The van der Waals surface area contributed by atoms with Crippen molar-refractivity contribution in [1.82, 2.24) is 0 Å². The maximum atomic E-state index is 9.80. The molecule has 0 bridgehead atoms. The minimum Gasteiger partial charge on any atom is -0.311 e. The Bertz CT molecular complexity index is 3670. The Kier molecular flexibility index (Phi) is 7.31. The molecule has 294 valence electrons. The molecule has 0 fully saturated rings. The molecule has 1 aliphatic carbocycles. The van der Waals surface area contributed by atoms with Crippen LogP contribution in [0.3, 0.4) is 0 Å². The van der Waals surface area contributed by atoms with E-state index in [1.165, 1.54) is 4.90 Å². The summed E-state index contributed by atoms with van der Waals surface area (Å²) in [6, 6.07) is 58.4. The van der Waals surface area contributed by atoms with Gasteiger partial charge in [-0.05, 0) is 137 Å². The summed E-state index contributed by atoms with van der Waals surface area (Å²) < 4.78 is 77.4. The third kappa shape index (κ3) is 6.60. The molecule has 1 nitrogen and oxygen atoms in total. The fourth-order valence-electron chi connectivity index (χ4n) is 9.17. The van der Waals surface area contributed by atoms with Gasteiger partial charge in [-0.1, -0.05) is 202 Å². The van der Waals surface area contributed by atoms with Gasteiger partial charge < -0.3 is 4.90 Å². The Morgan fingerprint density at radius 3 is 1.56 bits per heavy atom. The second-order valence-corrected chi connectivity index (χ2v) is 16.3. The zero-order valence-corrected chi connectivity index (χ0v) is 34.3. The van der Waals surface area contributed by atoms with E-state index in [1.807, 2.05) is 115 Å². The zero-order chi connectivity index (χ0) is 48.6. The van der Waals surface area contributed by atoms with Crippen molar-refractivity contribution in [2.24, 2.45) is 0 Å². The second-order valence-electron chi connectivity index (χ2n) is 16.3. The number of hydrogen-bond donors (Lipinski definition) is 0. The van der Waals surface area contributed by atoms with Crippen molar-refractivity contribution in [2.75, 3.05) is 4.90 Å². The largest absolute Gasteiger partial charge is 0.311 e. The van der Waals surface area contributed by atoms with E-state index in [2.05, 4.69) is 68.4 Å². The fraction of sp³-hybridized carbons (Fsp3) is 0.0492. The highest BCUT2D eigenvalue weighted by atomic mass is 15.1. The van der Waals surface area contributed by atoms with Crippen molar-refractivity contribution in [3.8, 4) is 66.8 Å². The molecule has 0 saturated carbocycles. The Morgan fingerprint density at radius 1 is 0.339 bits per heavy atom. The number of nitrogens with zero attached hydrogens (tertiary/aromatic N) is 1. The monoisotopic (exact) mass is 799 g/mol. The topological polar surface area (TPSA) is 3.24 Å². The van der Waals surface area contributed by atoms with E-state index in [1.54, 1.807) is 18.2 Å². The molecular formula is C61H45N. The average Bonchev–Trinajstić information content (AvgIpc) is 3.63. The van der Waals surface area contributed by atoms with Crippen LogP contribution in [0, 0.1) is 0 Å². The fourth-order valence-corrected chi connectivity index (χ4v) is 9.17. The Balaban J connectivity index is 1.09. The molecule has 0 aromatic heterocycles. The molecule has 0 aliphatic heterocycles. The van der Waals surface area contributed by atoms with Crippen LogP contribution in [0.25, 0.3) is 77.5 Å². The Labute approximate surface area is 376 Å². The van der Waals surface area contributed by atoms with Crippen molar-refractivity contribution in [3.05, 3.63) is 248 Å². The van der Waals surface area contributed by atoms with Gasteiger partial charge in [0.25, 0.3) is 0 Å². The highest BCUT2D eigenvalue weighted by Crippen LogP contribution is 2.52. The average molecular weight is 800 g/mol. The molecule has 0 atom stereocenters. The number of fused-ring (bicyclic) bond motifs is 4. The normalized spacial score (nSPS) is 14.3. The third-order valence-electron chi connectivity index (χ3n) is 12.2. The molecule has 62 heavy (non-hydrogen) atoms.